The van der Waals surface area contributed by atoms with Crippen LogP contribution in [-0.2, 0) is 4.74 Å². The van der Waals surface area contributed by atoms with E-state index in [0.29, 0.717) is 34.8 Å². The number of nitrogens with zero attached hydrogens (tertiary/aromatic N) is 2. The number of benzene rings is 2. The van der Waals surface area contributed by atoms with E-state index in [4.69, 9.17) is 13.9 Å². The summed E-state index contributed by atoms with van der Waals surface area (Å²) < 4.78 is 30.3. The zero-order valence-corrected chi connectivity index (χ0v) is 16.9. The van der Waals surface area contributed by atoms with Crippen LogP contribution >= 0.6 is 0 Å². The lowest BCUT2D eigenvalue weighted by atomic mass is 10.2. The van der Waals surface area contributed by atoms with Gasteiger partial charge < -0.3 is 24.5 Å². The molecule has 9 nitrogen and oxygen atoms in total. The standard InChI is InChI=1S/C21H20FN5O4/c1-12-3-5-14(18(22)19(12)30-10-9-29-2)25-20-23-8-7-17(27-20)24-13-4-6-16-15(11-13)26-21(28)31-16/h3-8,11H,9-10H2,1-2H3,(H,26,28)(H2,23,24,25,27). The van der Waals surface area contributed by atoms with Gasteiger partial charge in [-0.3, -0.25) is 4.98 Å². The summed E-state index contributed by atoms with van der Waals surface area (Å²) in [5.74, 6) is -0.224. The molecule has 0 saturated carbocycles. The van der Waals surface area contributed by atoms with Crippen molar-refractivity contribution in [2.75, 3.05) is 31.0 Å². The van der Waals surface area contributed by atoms with E-state index in [1.807, 2.05) is 0 Å². The van der Waals surface area contributed by atoms with Crippen LogP contribution in [0.3, 0.4) is 0 Å². The van der Waals surface area contributed by atoms with Gasteiger partial charge in [0.15, 0.2) is 17.1 Å². The van der Waals surface area contributed by atoms with E-state index >= 15 is 0 Å². The Morgan fingerprint density at radius 1 is 1.16 bits per heavy atom. The zero-order valence-electron chi connectivity index (χ0n) is 16.9. The molecule has 4 rings (SSSR count). The molecule has 0 amide bonds. The first-order chi connectivity index (χ1) is 15.0. The lowest BCUT2D eigenvalue weighted by Crippen LogP contribution is -2.08. The Hall–Kier alpha value is -3.92. The molecule has 0 unspecified atom stereocenters. The Kier molecular flexibility index (Phi) is 5.80. The maximum absolute atomic E-state index is 14.9. The number of aryl methyl sites for hydroxylation is 1. The van der Waals surface area contributed by atoms with Gasteiger partial charge >= 0.3 is 5.76 Å². The van der Waals surface area contributed by atoms with Crippen LogP contribution in [0.1, 0.15) is 5.56 Å². The maximum Gasteiger partial charge on any atom is 0.417 e. The minimum absolute atomic E-state index is 0.152. The highest BCUT2D eigenvalue weighted by molar-refractivity contribution is 5.78. The highest BCUT2D eigenvalue weighted by Crippen LogP contribution is 2.30. The summed E-state index contributed by atoms with van der Waals surface area (Å²) in [6, 6.07) is 10.1. The molecule has 2 aromatic carbocycles. The van der Waals surface area contributed by atoms with Gasteiger partial charge in [-0.15, -0.1) is 0 Å². The largest absolute Gasteiger partial charge is 0.488 e. The molecular formula is C21H20FN5O4. The minimum atomic E-state index is -0.535. The van der Waals surface area contributed by atoms with Gasteiger partial charge in [-0.1, -0.05) is 6.07 Å². The van der Waals surface area contributed by atoms with E-state index < -0.39 is 11.6 Å². The number of anilines is 4. The number of rotatable bonds is 8. The number of hydrogen-bond donors (Lipinski definition) is 3. The van der Waals surface area contributed by atoms with Crippen LogP contribution in [0.5, 0.6) is 5.75 Å². The third-order valence-electron chi connectivity index (χ3n) is 4.42. The van der Waals surface area contributed by atoms with Crippen LogP contribution < -0.4 is 21.1 Å². The topological polar surface area (TPSA) is 114 Å². The molecule has 0 radical (unpaired) electrons. The molecule has 31 heavy (non-hydrogen) atoms. The summed E-state index contributed by atoms with van der Waals surface area (Å²) >= 11 is 0. The van der Waals surface area contributed by atoms with Crippen LogP contribution in [0.15, 0.2) is 51.8 Å². The molecule has 0 saturated heterocycles. The number of oxazole rings is 1. The van der Waals surface area contributed by atoms with Crippen molar-refractivity contribution in [3.05, 3.63) is 64.5 Å². The van der Waals surface area contributed by atoms with Crippen molar-refractivity contribution in [3.63, 3.8) is 0 Å². The Labute approximate surface area is 176 Å². The lowest BCUT2D eigenvalue weighted by Gasteiger charge is -2.14. The second-order valence-corrected chi connectivity index (χ2v) is 6.66. The molecule has 2 heterocycles. The summed E-state index contributed by atoms with van der Waals surface area (Å²) in [6.45, 7) is 2.35. The number of H-pyrrole nitrogens is 1. The van der Waals surface area contributed by atoms with E-state index in [2.05, 4.69) is 25.6 Å². The molecule has 0 aliphatic carbocycles. The molecule has 0 aliphatic rings. The summed E-state index contributed by atoms with van der Waals surface area (Å²) in [4.78, 5) is 22.4. The molecule has 10 heteroatoms. The average Bonchev–Trinajstić information content (AvgIpc) is 3.12. The third-order valence-corrected chi connectivity index (χ3v) is 4.42. The summed E-state index contributed by atoms with van der Waals surface area (Å²) in [5, 5.41) is 5.99. The molecule has 0 spiro atoms. The van der Waals surface area contributed by atoms with Gasteiger partial charge in [0.1, 0.15) is 12.4 Å². The first-order valence-corrected chi connectivity index (χ1v) is 9.44. The Bertz CT molecular complexity index is 1270. The Morgan fingerprint density at radius 3 is 2.87 bits per heavy atom. The molecule has 160 valence electrons. The SMILES string of the molecule is COCCOc1c(C)ccc(Nc2nccc(Nc3ccc4oc(=O)[nH]c4c3)n2)c1F. The van der Waals surface area contributed by atoms with Crippen molar-refractivity contribution >= 4 is 34.2 Å². The van der Waals surface area contributed by atoms with Crippen LogP contribution in [-0.4, -0.2) is 35.3 Å². The molecule has 4 aromatic rings. The van der Waals surface area contributed by atoms with Gasteiger partial charge in [0, 0.05) is 19.0 Å². The molecule has 0 aliphatic heterocycles. The van der Waals surface area contributed by atoms with E-state index in [-0.39, 0.29) is 24.0 Å². The number of ether oxygens (including phenoxy) is 2. The molecular weight excluding hydrogens is 405 g/mol. The number of aromatic amines is 1. The van der Waals surface area contributed by atoms with Crippen molar-refractivity contribution in [1.29, 1.82) is 0 Å². The van der Waals surface area contributed by atoms with E-state index in [1.54, 1.807) is 50.4 Å². The normalized spacial score (nSPS) is 10.9. The molecule has 3 N–H and O–H groups in total. The van der Waals surface area contributed by atoms with Gasteiger partial charge in [0.05, 0.1) is 17.8 Å². The van der Waals surface area contributed by atoms with Gasteiger partial charge in [-0.2, -0.15) is 4.98 Å². The van der Waals surface area contributed by atoms with Crippen molar-refractivity contribution in [2.24, 2.45) is 0 Å². The predicted octanol–water partition coefficient (Wildman–Crippen LogP) is 3.87. The van der Waals surface area contributed by atoms with Gasteiger partial charge in [-0.25, -0.2) is 14.2 Å². The Balaban J connectivity index is 1.53. The first-order valence-electron chi connectivity index (χ1n) is 9.44. The van der Waals surface area contributed by atoms with Crippen LogP contribution in [0.4, 0.5) is 27.5 Å². The smallest absolute Gasteiger partial charge is 0.417 e. The molecule has 2 aromatic heterocycles. The molecule has 0 fully saturated rings. The van der Waals surface area contributed by atoms with Crippen molar-refractivity contribution in [2.45, 2.75) is 6.92 Å². The lowest BCUT2D eigenvalue weighted by molar-refractivity contribution is 0.143. The fourth-order valence-corrected chi connectivity index (χ4v) is 2.94. The van der Waals surface area contributed by atoms with Crippen LogP contribution in [0, 0.1) is 12.7 Å². The minimum Gasteiger partial charge on any atom is -0.488 e. The summed E-state index contributed by atoms with van der Waals surface area (Å²) in [7, 11) is 1.55. The van der Waals surface area contributed by atoms with Crippen LogP contribution in [0.25, 0.3) is 11.1 Å². The summed E-state index contributed by atoms with van der Waals surface area (Å²) in [6.07, 6.45) is 1.54. The monoisotopic (exact) mass is 425 g/mol. The van der Waals surface area contributed by atoms with Crippen LogP contribution in [0.2, 0.25) is 0 Å². The van der Waals surface area contributed by atoms with Crippen molar-refractivity contribution in [1.82, 2.24) is 15.0 Å². The van der Waals surface area contributed by atoms with E-state index in [1.165, 1.54) is 6.20 Å². The predicted molar refractivity (Wildman–Crippen MR) is 114 cm³/mol. The number of aromatic nitrogens is 3. The van der Waals surface area contributed by atoms with Gasteiger partial charge in [0.2, 0.25) is 5.95 Å². The number of nitrogens with one attached hydrogen (secondary N) is 3. The number of hydrogen-bond acceptors (Lipinski definition) is 8. The van der Waals surface area contributed by atoms with Gasteiger partial charge in [-0.05, 0) is 42.8 Å². The Morgan fingerprint density at radius 2 is 2.03 bits per heavy atom. The van der Waals surface area contributed by atoms with Gasteiger partial charge in [0.25, 0.3) is 0 Å². The molecule has 0 bridgehead atoms. The summed E-state index contributed by atoms with van der Waals surface area (Å²) in [5.41, 5.74) is 2.56. The fraction of sp³-hybridized carbons (Fsp3) is 0.190. The van der Waals surface area contributed by atoms with Crippen molar-refractivity contribution in [3.8, 4) is 5.75 Å². The third kappa shape index (κ3) is 4.64. The quantitative estimate of drug-likeness (QED) is 0.365. The highest BCUT2D eigenvalue weighted by atomic mass is 19.1. The van der Waals surface area contributed by atoms with E-state index in [9.17, 15) is 9.18 Å². The first kappa shape index (κ1) is 20.4. The molecule has 0 atom stereocenters. The fourth-order valence-electron chi connectivity index (χ4n) is 2.94. The van der Waals surface area contributed by atoms with E-state index in [0.717, 1.165) is 0 Å². The second kappa shape index (κ2) is 8.84. The second-order valence-electron chi connectivity index (χ2n) is 6.66. The average molecular weight is 425 g/mol. The maximum atomic E-state index is 14.9. The number of methoxy groups -OCH3 is 1. The number of halogens is 1. The number of fused-ring (bicyclic) bond motifs is 1. The highest BCUT2D eigenvalue weighted by Gasteiger charge is 2.14. The zero-order chi connectivity index (χ0) is 21.8. The van der Waals surface area contributed by atoms with Crippen molar-refractivity contribution < 1.29 is 18.3 Å².